The first-order chi connectivity index (χ1) is 8.38. The van der Waals surface area contributed by atoms with Gasteiger partial charge in [-0.3, -0.25) is 0 Å². The Morgan fingerprint density at radius 3 is 1.41 bits per heavy atom. The molecular formula is C16H32S. The summed E-state index contributed by atoms with van der Waals surface area (Å²) in [6.07, 6.45) is 17.5. The van der Waals surface area contributed by atoms with Crippen LogP contribution in [-0.4, -0.2) is 10.5 Å². The SMILES string of the molecule is CCCCCCCC1SC1CCCCCCC. The molecule has 0 nitrogen and oxygen atoms in total. The third kappa shape index (κ3) is 8.13. The third-order valence-electron chi connectivity index (χ3n) is 3.87. The summed E-state index contributed by atoms with van der Waals surface area (Å²) in [5.41, 5.74) is 0. The molecule has 0 radical (unpaired) electrons. The number of thioether (sulfide) groups is 1. The van der Waals surface area contributed by atoms with Crippen LogP contribution in [0.4, 0.5) is 0 Å². The van der Waals surface area contributed by atoms with Gasteiger partial charge in [0.15, 0.2) is 0 Å². The van der Waals surface area contributed by atoms with Gasteiger partial charge in [0, 0.05) is 10.5 Å². The second kappa shape index (κ2) is 10.3. The zero-order valence-corrected chi connectivity index (χ0v) is 12.9. The van der Waals surface area contributed by atoms with Crippen molar-refractivity contribution in [3.05, 3.63) is 0 Å². The van der Waals surface area contributed by atoms with Crippen LogP contribution >= 0.6 is 11.8 Å². The minimum absolute atomic E-state index is 1.06. The van der Waals surface area contributed by atoms with E-state index in [9.17, 15) is 0 Å². The van der Waals surface area contributed by atoms with Crippen molar-refractivity contribution >= 4 is 11.8 Å². The molecule has 1 aliphatic heterocycles. The fraction of sp³-hybridized carbons (Fsp3) is 1.00. The van der Waals surface area contributed by atoms with Crippen molar-refractivity contribution in [3.8, 4) is 0 Å². The Labute approximate surface area is 113 Å². The normalized spacial score (nSPS) is 22.9. The molecule has 102 valence electrons. The van der Waals surface area contributed by atoms with Crippen molar-refractivity contribution in [3.63, 3.8) is 0 Å². The number of hydrogen-bond donors (Lipinski definition) is 0. The van der Waals surface area contributed by atoms with Gasteiger partial charge in [-0.25, -0.2) is 0 Å². The van der Waals surface area contributed by atoms with E-state index in [-0.39, 0.29) is 0 Å². The van der Waals surface area contributed by atoms with Crippen LogP contribution in [0, 0.1) is 0 Å². The standard InChI is InChI=1S/C16H32S/c1-3-5-7-9-11-13-15-16(17-15)14-12-10-8-6-4-2/h15-16H,3-14H2,1-2H3. The van der Waals surface area contributed by atoms with Crippen LogP contribution in [0.25, 0.3) is 0 Å². The molecule has 0 N–H and O–H groups in total. The molecule has 0 aromatic rings. The maximum absolute atomic E-state index is 2.30. The highest BCUT2D eigenvalue weighted by Gasteiger charge is 2.36. The monoisotopic (exact) mass is 256 g/mol. The molecule has 0 bridgehead atoms. The topological polar surface area (TPSA) is 0 Å². The quantitative estimate of drug-likeness (QED) is 0.296. The molecule has 2 unspecified atom stereocenters. The van der Waals surface area contributed by atoms with Crippen LogP contribution in [0.5, 0.6) is 0 Å². The van der Waals surface area contributed by atoms with Gasteiger partial charge < -0.3 is 0 Å². The Morgan fingerprint density at radius 2 is 1.00 bits per heavy atom. The Bertz CT molecular complexity index is 149. The van der Waals surface area contributed by atoms with E-state index in [0.717, 1.165) is 10.5 Å². The van der Waals surface area contributed by atoms with Crippen molar-refractivity contribution in [1.82, 2.24) is 0 Å². The van der Waals surface area contributed by atoms with E-state index in [1.165, 1.54) is 77.0 Å². The average Bonchev–Trinajstić information content (AvgIpc) is 3.07. The van der Waals surface area contributed by atoms with Gasteiger partial charge in [-0.1, -0.05) is 78.1 Å². The molecule has 2 atom stereocenters. The van der Waals surface area contributed by atoms with Gasteiger partial charge in [0.1, 0.15) is 0 Å². The van der Waals surface area contributed by atoms with Crippen LogP contribution in [0.15, 0.2) is 0 Å². The van der Waals surface area contributed by atoms with Crippen molar-refractivity contribution in [2.45, 2.75) is 101 Å². The molecule has 0 aliphatic carbocycles. The highest BCUT2D eigenvalue weighted by atomic mass is 32.2. The van der Waals surface area contributed by atoms with Gasteiger partial charge >= 0.3 is 0 Å². The lowest BCUT2D eigenvalue weighted by Crippen LogP contribution is -1.94. The molecule has 0 aromatic carbocycles. The first-order valence-corrected chi connectivity index (χ1v) is 8.98. The van der Waals surface area contributed by atoms with E-state index in [4.69, 9.17) is 0 Å². The fourth-order valence-electron chi connectivity index (χ4n) is 2.59. The summed E-state index contributed by atoms with van der Waals surface area (Å²) in [5, 5.41) is 2.12. The van der Waals surface area contributed by atoms with Crippen LogP contribution in [-0.2, 0) is 0 Å². The Kier molecular flexibility index (Phi) is 9.33. The minimum Gasteiger partial charge on any atom is -0.153 e. The second-order valence-corrected chi connectivity index (χ2v) is 7.10. The molecule has 0 amide bonds. The van der Waals surface area contributed by atoms with E-state index in [1.54, 1.807) is 0 Å². The maximum Gasteiger partial charge on any atom is 0.0169 e. The van der Waals surface area contributed by atoms with E-state index in [2.05, 4.69) is 25.6 Å². The summed E-state index contributed by atoms with van der Waals surface area (Å²) >= 11 is 2.26. The van der Waals surface area contributed by atoms with Crippen molar-refractivity contribution in [2.24, 2.45) is 0 Å². The molecule has 1 heterocycles. The fourth-order valence-corrected chi connectivity index (χ4v) is 3.82. The summed E-state index contributed by atoms with van der Waals surface area (Å²) < 4.78 is 0. The van der Waals surface area contributed by atoms with Crippen LogP contribution in [0.3, 0.4) is 0 Å². The lowest BCUT2D eigenvalue weighted by molar-refractivity contribution is 0.578. The van der Waals surface area contributed by atoms with Gasteiger partial charge in [-0.2, -0.15) is 11.8 Å². The first kappa shape index (κ1) is 15.4. The molecule has 1 aliphatic rings. The summed E-state index contributed by atoms with van der Waals surface area (Å²) in [6.45, 7) is 4.59. The molecule has 1 heteroatoms. The van der Waals surface area contributed by atoms with E-state index < -0.39 is 0 Å². The van der Waals surface area contributed by atoms with Gasteiger partial charge in [0.05, 0.1) is 0 Å². The van der Waals surface area contributed by atoms with Crippen LogP contribution < -0.4 is 0 Å². The predicted octanol–water partition coefficient (Wildman–Crippen LogP) is 6.19. The molecule has 1 fully saturated rings. The smallest absolute Gasteiger partial charge is 0.0169 e. The van der Waals surface area contributed by atoms with Crippen molar-refractivity contribution in [2.75, 3.05) is 0 Å². The molecule has 0 spiro atoms. The summed E-state index contributed by atoms with van der Waals surface area (Å²) in [7, 11) is 0. The van der Waals surface area contributed by atoms with Gasteiger partial charge in [0.25, 0.3) is 0 Å². The third-order valence-corrected chi connectivity index (χ3v) is 5.39. The molecule has 1 saturated heterocycles. The molecular weight excluding hydrogens is 224 g/mol. The highest BCUT2D eigenvalue weighted by molar-refractivity contribution is 8.07. The van der Waals surface area contributed by atoms with E-state index in [0.29, 0.717) is 0 Å². The molecule has 17 heavy (non-hydrogen) atoms. The highest BCUT2D eigenvalue weighted by Crippen LogP contribution is 2.47. The van der Waals surface area contributed by atoms with Crippen LogP contribution in [0.2, 0.25) is 0 Å². The number of hydrogen-bond acceptors (Lipinski definition) is 1. The lowest BCUT2D eigenvalue weighted by atomic mass is 10.0. The van der Waals surface area contributed by atoms with Gasteiger partial charge in [0.2, 0.25) is 0 Å². The zero-order chi connectivity index (χ0) is 12.3. The molecule has 0 aromatic heterocycles. The molecule has 1 rings (SSSR count). The Hall–Kier alpha value is 0.350. The maximum atomic E-state index is 2.30. The summed E-state index contributed by atoms with van der Waals surface area (Å²) in [4.78, 5) is 0. The Balaban J connectivity index is 1.78. The van der Waals surface area contributed by atoms with Gasteiger partial charge in [-0.05, 0) is 12.8 Å². The van der Waals surface area contributed by atoms with Gasteiger partial charge in [-0.15, -0.1) is 0 Å². The number of unbranched alkanes of at least 4 members (excludes halogenated alkanes) is 8. The largest absolute Gasteiger partial charge is 0.153 e. The second-order valence-electron chi connectivity index (χ2n) is 5.62. The Morgan fingerprint density at radius 1 is 0.588 bits per heavy atom. The van der Waals surface area contributed by atoms with E-state index >= 15 is 0 Å². The zero-order valence-electron chi connectivity index (χ0n) is 12.0. The predicted molar refractivity (Wildman–Crippen MR) is 81.9 cm³/mol. The summed E-state index contributed by atoms with van der Waals surface area (Å²) in [6, 6.07) is 0. The average molecular weight is 256 g/mol. The van der Waals surface area contributed by atoms with Crippen molar-refractivity contribution < 1.29 is 0 Å². The van der Waals surface area contributed by atoms with Crippen molar-refractivity contribution in [1.29, 1.82) is 0 Å². The number of rotatable bonds is 12. The van der Waals surface area contributed by atoms with E-state index in [1.807, 2.05) is 0 Å². The first-order valence-electron chi connectivity index (χ1n) is 8.04. The minimum atomic E-state index is 1.06. The summed E-state index contributed by atoms with van der Waals surface area (Å²) in [5.74, 6) is 0. The molecule has 0 saturated carbocycles. The van der Waals surface area contributed by atoms with Crippen LogP contribution in [0.1, 0.15) is 90.9 Å². The lowest BCUT2D eigenvalue weighted by Gasteiger charge is -2.00.